The number of benzene rings is 3. The molecule has 8 nitrogen and oxygen atoms in total. The number of nitrogens with zero attached hydrogens (tertiary/aromatic N) is 2. The average Bonchev–Trinajstić information content (AvgIpc) is 3.03. The summed E-state index contributed by atoms with van der Waals surface area (Å²) >= 11 is 0. The summed E-state index contributed by atoms with van der Waals surface area (Å²) in [5.41, 5.74) is 6.98. The van der Waals surface area contributed by atoms with Crippen LogP contribution in [-0.4, -0.2) is 11.8 Å². The maximum absolute atomic E-state index is 12.4. The molecule has 2 amide bonds. The summed E-state index contributed by atoms with van der Waals surface area (Å²) in [5, 5.41) is 12.4. The number of amides is 2. The minimum Gasteiger partial charge on any atom is -0.355 e. The highest BCUT2D eigenvalue weighted by molar-refractivity contribution is 6.02. The highest BCUT2D eigenvalue weighted by atomic mass is 16.2. The molecule has 0 atom stereocenters. The lowest BCUT2D eigenvalue weighted by molar-refractivity contribution is -0.671. The average molecular weight is 583 g/mol. The van der Waals surface area contributed by atoms with Gasteiger partial charge in [-0.2, -0.15) is 0 Å². The van der Waals surface area contributed by atoms with E-state index in [1.165, 1.54) is 12.2 Å². The van der Waals surface area contributed by atoms with Crippen molar-refractivity contribution in [1.29, 1.82) is 0 Å². The van der Waals surface area contributed by atoms with Gasteiger partial charge in [-0.05, 0) is 77.9 Å². The van der Waals surface area contributed by atoms with Gasteiger partial charge in [0.2, 0.25) is 11.8 Å². The summed E-state index contributed by atoms with van der Waals surface area (Å²) in [6.45, 7) is 0. The van der Waals surface area contributed by atoms with Gasteiger partial charge in [0, 0.05) is 53.1 Å². The van der Waals surface area contributed by atoms with Crippen LogP contribution in [0.2, 0.25) is 0 Å². The van der Waals surface area contributed by atoms with Crippen LogP contribution in [0.3, 0.4) is 0 Å². The number of pyridine rings is 2. The molecule has 2 heterocycles. The molecule has 0 saturated carbocycles. The van der Waals surface area contributed by atoms with E-state index in [4.69, 9.17) is 0 Å². The van der Waals surface area contributed by atoms with Gasteiger partial charge >= 0.3 is 0 Å². The standard InChI is InChI=1S/C36H32N6O2/c1-41-24-21-33(22-25-41)37-29-11-15-31(16-12-29)39-35(43)19-9-27-5-7-28(8-6-27)10-20-36(44)40-32-17-13-30(14-18-32)38-34-4-3-23-42(2)26-34/h3-26H,1-2H3,(H2-,38,39,40,43,44)/p+2. The normalized spacial score (nSPS) is 11.0. The number of aromatic nitrogens is 2. The van der Waals surface area contributed by atoms with Crippen molar-refractivity contribution >= 4 is 58.1 Å². The lowest BCUT2D eigenvalue weighted by Crippen LogP contribution is -2.26. The van der Waals surface area contributed by atoms with Gasteiger partial charge in [-0.1, -0.05) is 24.3 Å². The van der Waals surface area contributed by atoms with Gasteiger partial charge in [0.25, 0.3) is 0 Å². The van der Waals surface area contributed by atoms with E-state index in [-0.39, 0.29) is 11.8 Å². The van der Waals surface area contributed by atoms with Gasteiger partial charge in [0.05, 0.1) is 5.69 Å². The number of aryl methyl sites for hydroxylation is 2. The first kappa shape index (κ1) is 29.5. The van der Waals surface area contributed by atoms with E-state index in [0.717, 1.165) is 33.9 Å². The van der Waals surface area contributed by atoms with Crippen molar-refractivity contribution in [1.82, 2.24) is 0 Å². The summed E-state index contributed by atoms with van der Waals surface area (Å²) in [7, 11) is 3.94. The first-order chi connectivity index (χ1) is 21.4. The van der Waals surface area contributed by atoms with Gasteiger partial charge in [-0.3, -0.25) is 9.59 Å². The third kappa shape index (κ3) is 8.99. The molecule has 8 heteroatoms. The molecule has 218 valence electrons. The second-order valence-electron chi connectivity index (χ2n) is 10.2. The van der Waals surface area contributed by atoms with E-state index < -0.39 is 0 Å². The van der Waals surface area contributed by atoms with Crippen molar-refractivity contribution in [3.63, 3.8) is 0 Å². The molecule has 0 saturated heterocycles. The van der Waals surface area contributed by atoms with Crippen LogP contribution < -0.4 is 30.4 Å². The molecule has 0 spiro atoms. The summed E-state index contributed by atoms with van der Waals surface area (Å²) in [6.07, 6.45) is 14.4. The maximum Gasteiger partial charge on any atom is 0.248 e. The number of nitrogens with one attached hydrogen (secondary N) is 4. The van der Waals surface area contributed by atoms with Crippen molar-refractivity contribution in [2.75, 3.05) is 21.3 Å². The molecule has 5 aromatic rings. The Morgan fingerprint density at radius 1 is 0.500 bits per heavy atom. The van der Waals surface area contributed by atoms with Gasteiger partial charge in [0.1, 0.15) is 19.8 Å². The summed E-state index contributed by atoms with van der Waals surface area (Å²) in [6, 6.07) is 30.6. The lowest BCUT2D eigenvalue weighted by atomic mass is 10.1. The minimum absolute atomic E-state index is 0.222. The van der Waals surface area contributed by atoms with Gasteiger partial charge in [-0.15, -0.1) is 0 Å². The third-order valence-corrected chi connectivity index (χ3v) is 6.59. The Hall–Kier alpha value is -6.02. The highest BCUT2D eigenvalue weighted by Crippen LogP contribution is 2.19. The van der Waals surface area contributed by atoms with Crippen molar-refractivity contribution in [3.05, 3.63) is 145 Å². The van der Waals surface area contributed by atoms with Crippen molar-refractivity contribution in [2.24, 2.45) is 14.1 Å². The molecule has 0 fully saturated rings. The monoisotopic (exact) mass is 582 g/mol. The number of rotatable bonds is 10. The van der Waals surface area contributed by atoms with E-state index in [0.29, 0.717) is 11.4 Å². The summed E-state index contributed by atoms with van der Waals surface area (Å²) < 4.78 is 3.94. The number of hydrogen-bond donors (Lipinski definition) is 4. The lowest BCUT2D eigenvalue weighted by Gasteiger charge is -2.07. The molecule has 2 aromatic heterocycles. The molecular weight excluding hydrogens is 548 g/mol. The largest absolute Gasteiger partial charge is 0.355 e. The van der Waals surface area contributed by atoms with Crippen LogP contribution in [-0.2, 0) is 23.7 Å². The zero-order valence-corrected chi connectivity index (χ0v) is 24.6. The Bertz CT molecular complexity index is 1780. The SMILES string of the molecule is C[n+]1ccc(Nc2ccc(NC(=O)/C=C/c3ccc(/C=C/C(=O)Nc4ccc(Nc5ccc[n+](C)c5)cc4)cc3)cc2)cc1. The molecule has 0 aliphatic heterocycles. The van der Waals surface area contributed by atoms with E-state index in [1.54, 1.807) is 12.2 Å². The molecule has 44 heavy (non-hydrogen) atoms. The third-order valence-electron chi connectivity index (χ3n) is 6.59. The van der Waals surface area contributed by atoms with Crippen LogP contribution >= 0.6 is 0 Å². The fourth-order valence-electron chi connectivity index (χ4n) is 4.28. The molecule has 0 radical (unpaired) electrons. The predicted octanol–water partition coefficient (Wildman–Crippen LogP) is 6.13. The second-order valence-corrected chi connectivity index (χ2v) is 10.2. The molecule has 4 N–H and O–H groups in total. The number of carbonyl (C=O) groups is 2. The van der Waals surface area contributed by atoms with Crippen LogP contribution in [0.15, 0.2) is 134 Å². The van der Waals surface area contributed by atoms with E-state index in [2.05, 4.69) is 21.3 Å². The zero-order chi connectivity index (χ0) is 30.7. The van der Waals surface area contributed by atoms with Crippen molar-refractivity contribution in [3.8, 4) is 0 Å². The van der Waals surface area contributed by atoms with Gasteiger partial charge in [-0.25, -0.2) is 9.13 Å². The van der Waals surface area contributed by atoms with Gasteiger partial charge in [0.15, 0.2) is 24.8 Å². The topological polar surface area (TPSA) is 90.0 Å². The molecular formula is C36H34N6O2+2. The maximum atomic E-state index is 12.4. The summed E-state index contributed by atoms with van der Waals surface area (Å²) in [4.78, 5) is 24.9. The highest BCUT2D eigenvalue weighted by Gasteiger charge is 2.03. The van der Waals surface area contributed by atoms with Crippen LogP contribution in [0.1, 0.15) is 11.1 Å². The van der Waals surface area contributed by atoms with E-state index in [1.807, 2.05) is 145 Å². The smallest absolute Gasteiger partial charge is 0.248 e. The first-order valence-electron chi connectivity index (χ1n) is 14.1. The van der Waals surface area contributed by atoms with Crippen molar-refractivity contribution in [2.45, 2.75) is 0 Å². The van der Waals surface area contributed by atoms with Crippen LogP contribution in [0.25, 0.3) is 12.2 Å². The quantitative estimate of drug-likeness (QED) is 0.118. The predicted molar refractivity (Wildman–Crippen MR) is 176 cm³/mol. The molecule has 5 rings (SSSR count). The minimum atomic E-state index is -0.223. The van der Waals surface area contributed by atoms with Crippen LogP contribution in [0, 0.1) is 0 Å². The molecule has 0 unspecified atom stereocenters. The molecule has 3 aromatic carbocycles. The van der Waals surface area contributed by atoms with Crippen LogP contribution in [0.4, 0.5) is 34.1 Å². The van der Waals surface area contributed by atoms with Gasteiger partial charge < -0.3 is 21.3 Å². The van der Waals surface area contributed by atoms with Crippen molar-refractivity contribution < 1.29 is 18.7 Å². The fourth-order valence-corrected chi connectivity index (χ4v) is 4.28. The molecule has 0 aliphatic carbocycles. The Kier molecular flexibility index (Phi) is 9.54. The molecule has 0 aliphatic rings. The fraction of sp³-hybridized carbons (Fsp3) is 0.0556. The number of carbonyl (C=O) groups excluding carboxylic acids is 2. The Labute approximate surface area is 257 Å². The Morgan fingerprint density at radius 3 is 1.41 bits per heavy atom. The van der Waals surface area contributed by atoms with E-state index in [9.17, 15) is 9.59 Å². The van der Waals surface area contributed by atoms with E-state index >= 15 is 0 Å². The second kappa shape index (κ2) is 14.2. The Balaban J connectivity index is 1.07. The summed E-state index contributed by atoms with van der Waals surface area (Å²) in [5.74, 6) is -0.445. The zero-order valence-electron chi connectivity index (χ0n) is 24.6. The Morgan fingerprint density at radius 2 is 0.932 bits per heavy atom. The molecule has 0 bridgehead atoms. The van der Waals surface area contributed by atoms with Crippen LogP contribution in [0.5, 0.6) is 0 Å². The number of hydrogen-bond acceptors (Lipinski definition) is 4. The first-order valence-corrected chi connectivity index (χ1v) is 14.1. The number of anilines is 6.